The number of amides is 2. The number of nitrogens with one attached hydrogen (secondary N) is 1. The predicted octanol–water partition coefficient (Wildman–Crippen LogP) is 3.01. The number of ether oxygens (including phenoxy) is 2. The highest BCUT2D eigenvalue weighted by Crippen LogP contribution is 2.20. The largest absolute Gasteiger partial charge is 0.444 e. The molecule has 3 rings (SSSR count). The predicted molar refractivity (Wildman–Crippen MR) is 109 cm³/mol. The molecule has 1 fully saturated rings. The van der Waals surface area contributed by atoms with Crippen LogP contribution in [0.2, 0.25) is 0 Å². The van der Waals surface area contributed by atoms with Crippen LogP contribution >= 0.6 is 0 Å². The molecule has 0 aliphatic carbocycles. The van der Waals surface area contributed by atoms with Gasteiger partial charge in [-0.3, -0.25) is 4.79 Å². The molecular weight excluding hydrogens is 388 g/mol. The van der Waals surface area contributed by atoms with E-state index in [-0.39, 0.29) is 24.7 Å². The molecule has 1 saturated heterocycles. The van der Waals surface area contributed by atoms with Crippen molar-refractivity contribution in [3.63, 3.8) is 0 Å². The average Bonchev–Trinajstić information content (AvgIpc) is 3.20. The lowest BCUT2D eigenvalue weighted by Crippen LogP contribution is -2.43. The Balaban J connectivity index is 1.47. The van der Waals surface area contributed by atoms with Crippen LogP contribution in [-0.2, 0) is 16.1 Å². The van der Waals surface area contributed by atoms with Crippen LogP contribution in [0.1, 0.15) is 49.8 Å². The summed E-state index contributed by atoms with van der Waals surface area (Å²) in [4.78, 5) is 29.8. The van der Waals surface area contributed by atoms with Gasteiger partial charge in [-0.05, 0) is 57.9 Å². The summed E-state index contributed by atoms with van der Waals surface area (Å²) in [6.45, 7) is 6.99. The highest BCUT2D eigenvalue weighted by atomic mass is 16.6. The molecule has 162 valence electrons. The summed E-state index contributed by atoms with van der Waals surface area (Å²) in [5, 5.41) is 6.53. The van der Waals surface area contributed by atoms with Crippen molar-refractivity contribution in [2.75, 3.05) is 20.1 Å². The minimum absolute atomic E-state index is 0.0254. The first kappa shape index (κ1) is 21.8. The Morgan fingerprint density at radius 3 is 2.47 bits per heavy atom. The van der Waals surface area contributed by atoms with Crippen LogP contribution in [0.15, 0.2) is 28.8 Å². The maximum Gasteiger partial charge on any atom is 0.410 e. The van der Waals surface area contributed by atoms with E-state index in [9.17, 15) is 9.59 Å². The van der Waals surface area contributed by atoms with E-state index in [1.165, 1.54) is 0 Å². The lowest BCUT2D eigenvalue weighted by atomic mass is 10.1. The molecule has 9 nitrogen and oxygen atoms in total. The average molecular weight is 416 g/mol. The van der Waals surface area contributed by atoms with Crippen molar-refractivity contribution in [3.05, 3.63) is 35.7 Å². The smallest absolute Gasteiger partial charge is 0.410 e. The second kappa shape index (κ2) is 9.25. The molecule has 9 heteroatoms. The van der Waals surface area contributed by atoms with E-state index in [1.807, 2.05) is 20.8 Å². The van der Waals surface area contributed by atoms with Crippen LogP contribution in [0.25, 0.3) is 11.5 Å². The molecule has 1 aliphatic heterocycles. The Morgan fingerprint density at radius 1 is 1.20 bits per heavy atom. The Kier molecular flexibility index (Phi) is 6.71. The third-order valence-corrected chi connectivity index (χ3v) is 4.63. The quantitative estimate of drug-likeness (QED) is 0.798. The number of carbonyl (C=O) groups is 2. The summed E-state index contributed by atoms with van der Waals surface area (Å²) in [6.07, 6.45) is 1.19. The van der Waals surface area contributed by atoms with Crippen LogP contribution in [0.3, 0.4) is 0 Å². The first-order chi connectivity index (χ1) is 14.2. The van der Waals surface area contributed by atoms with E-state index in [0.29, 0.717) is 30.4 Å². The van der Waals surface area contributed by atoms with Gasteiger partial charge in [-0.1, -0.05) is 5.16 Å². The number of hydrogen-bond donors (Lipinski definition) is 1. The number of piperidine rings is 1. The van der Waals surface area contributed by atoms with Crippen molar-refractivity contribution in [1.29, 1.82) is 0 Å². The zero-order valence-corrected chi connectivity index (χ0v) is 17.8. The van der Waals surface area contributed by atoms with Gasteiger partial charge in [-0.2, -0.15) is 4.98 Å². The summed E-state index contributed by atoms with van der Waals surface area (Å²) in [5.74, 6) is 0.672. The lowest BCUT2D eigenvalue weighted by molar-refractivity contribution is -0.0190. The Labute approximate surface area is 175 Å². The van der Waals surface area contributed by atoms with Gasteiger partial charge in [-0.25, -0.2) is 4.79 Å². The van der Waals surface area contributed by atoms with E-state index in [4.69, 9.17) is 14.0 Å². The van der Waals surface area contributed by atoms with Crippen molar-refractivity contribution in [2.24, 2.45) is 0 Å². The molecule has 0 radical (unpaired) electrons. The molecule has 2 aromatic rings. The maximum atomic E-state index is 12.1. The number of likely N-dealkylation sites (tertiary alicyclic amines) is 1. The fourth-order valence-electron chi connectivity index (χ4n) is 3.06. The zero-order chi connectivity index (χ0) is 21.7. The number of carbonyl (C=O) groups excluding carboxylic acids is 2. The summed E-state index contributed by atoms with van der Waals surface area (Å²) in [6, 6.07) is 6.92. The molecule has 1 aromatic carbocycles. The second-order valence-electron chi connectivity index (χ2n) is 8.15. The van der Waals surface area contributed by atoms with E-state index < -0.39 is 5.60 Å². The second-order valence-corrected chi connectivity index (χ2v) is 8.15. The van der Waals surface area contributed by atoms with Crippen molar-refractivity contribution in [2.45, 2.75) is 51.9 Å². The molecule has 0 unspecified atom stereocenters. The van der Waals surface area contributed by atoms with Gasteiger partial charge in [0.2, 0.25) is 0 Å². The van der Waals surface area contributed by atoms with Gasteiger partial charge in [0.25, 0.3) is 11.8 Å². The van der Waals surface area contributed by atoms with Gasteiger partial charge < -0.3 is 24.2 Å². The number of benzene rings is 1. The first-order valence-corrected chi connectivity index (χ1v) is 10.00. The van der Waals surface area contributed by atoms with E-state index in [0.717, 1.165) is 18.4 Å². The van der Waals surface area contributed by atoms with Gasteiger partial charge in [0.05, 0.1) is 6.10 Å². The minimum atomic E-state index is -0.497. The fourth-order valence-corrected chi connectivity index (χ4v) is 3.06. The monoisotopic (exact) mass is 416 g/mol. The standard InChI is InChI=1S/C21H28N4O5/c1-21(2,3)29-20(27)25-11-9-16(10-12-25)28-13-17-23-19(30-24-17)15-7-5-14(6-8-15)18(26)22-4/h5-8,16H,9-13H2,1-4H3,(H,22,26). The van der Waals surface area contributed by atoms with Crippen LogP contribution in [0, 0.1) is 0 Å². The molecule has 2 heterocycles. The highest BCUT2D eigenvalue weighted by molar-refractivity contribution is 5.94. The van der Waals surface area contributed by atoms with Gasteiger partial charge in [0, 0.05) is 31.3 Å². The zero-order valence-electron chi connectivity index (χ0n) is 17.8. The third-order valence-electron chi connectivity index (χ3n) is 4.63. The minimum Gasteiger partial charge on any atom is -0.444 e. The Bertz CT molecular complexity index is 864. The number of nitrogens with zero attached hydrogens (tertiary/aromatic N) is 3. The number of aromatic nitrogens is 2. The van der Waals surface area contributed by atoms with Gasteiger partial charge in [0.15, 0.2) is 5.82 Å². The molecule has 1 aromatic heterocycles. The van der Waals surface area contributed by atoms with Crippen LogP contribution < -0.4 is 5.32 Å². The molecule has 30 heavy (non-hydrogen) atoms. The number of hydrogen-bond acceptors (Lipinski definition) is 7. The fraction of sp³-hybridized carbons (Fsp3) is 0.524. The summed E-state index contributed by atoms with van der Waals surface area (Å²) in [7, 11) is 1.59. The van der Waals surface area contributed by atoms with E-state index in [1.54, 1.807) is 36.2 Å². The summed E-state index contributed by atoms with van der Waals surface area (Å²) in [5.41, 5.74) is 0.790. The van der Waals surface area contributed by atoms with Crippen molar-refractivity contribution < 1.29 is 23.6 Å². The summed E-state index contributed by atoms with van der Waals surface area (Å²) >= 11 is 0. The van der Waals surface area contributed by atoms with Crippen LogP contribution in [0.5, 0.6) is 0 Å². The van der Waals surface area contributed by atoms with Gasteiger partial charge in [-0.15, -0.1) is 0 Å². The molecule has 0 saturated carbocycles. The normalized spacial score (nSPS) is 15.1. The topological polar surface area (TPSA) is 107 Å². The summed E-state index contributed by atoms with van der Waals surface area (Å²) < 4.78 is 16.6. The van der Waals surface area contributed by atoms with Crippen molar-refractivity contribution in [3.8, 4) is 11.5 Å². The van der Waals surface area contributed by atoms with Crippen LogP contribution in [-0.4, -0.2) is 58.9 Å². The van der Waals surface area contributed by atoms with Crippen molar-refractivity contribution in [1.82, 2.24) is 20.4 Å². The SMILES string of the molecule is CNC(=O)c1ccc(-c2nc(COC3CCN(C(=O)OC(C)(C)C)CC3)no2)cc1. The molecule has 0 bridgehead atoms. The van der Waals surface area contributed by atoms with Crippen molar-refractivity contribution >= 4 is 12.0 Å². The molecule has 1 N–H and O–H groups in total. The maximum absolute atomic E-state index is 12.1. The lowest BCUT2D eigenvalue weighted by Gasteiger charge is -2.33. The van der Waals surface area contributed by atoms with E-state index >= 15 is 0 Å². The van der Waals surface area contributed by atoms with Gasteiger partial charge in [0.1, 0.15) is 12.2 Å². The molecule has 0 spiro atoms. The third kappa shape index (κ3) is 5.79. The van der Waals surface area contributed by atoms with Gasteiger partial charge >= 0.3 is 6.09 Å². The Hall–Kier alpha value is -2.94. The highest BCUT2D eigenvalue weighted by Gasteiger charge is 2.27. The Morgan fingerprint density at radius 2 is 1.87 bits per heavy atom. The molecule has 1 aliphatic rings. The first-order valence-electron chi connectivity index (χ1n) is 10.00. The molecular formula is C21H28N4O5. The molecule has 0 atom stereocenters. The molecule has 2 amide bonds. The van der Waals surface area contributed by atoms with Crippen LogP contribution in [0.4, 0.5) is 4.79 Å². The van der Waals surface area contributed by atoms with E-state index in [2.05, 4.69) is 15.5 Å². The number of rotatable bonds is 5.